The topological polar surface area (TPSA) is 52.6 Å². The molecule has 0 bridgehead atoms. The van der Waals surface area contributed by atoms with Gasteiger partial charge in [-0.2, -0.15) is 0 Å². The molecule has 108 valence electrons. The van der Waals surface area contributed by atoms with Gasteiger partial charge in [0, 0.05) is 30.9 Å². The minimum Gasteiger partial charge on any atom is -0.396 e. The monoisotopic (exact) mass is 274 g/mol. The van der Waals surface area contributed by atoms with Crippen molar-refractivity contribution < 1.29 is 9.90 Å². The maximum absolute atomic E-state index is 12.7. The second kappa shape index (κ2) is 4.57. The minimum atomic E-state index is -0.459. The van der Waals surface area contributed by atoms with Gasteiger partial charge in [-0.1, -0.05) is 18.2 Å². The number of benzene rings is 1. The number of aliphatic hydroxyl groups excluding tert-OH is 1. The van der Waals surface area contributed by atoms with Crippen molar-refractivity contribution in [3.63, 3.8) is 0 Å². The van der Waals surface area contributed by atoms with Crippen LogP contribution in [0.1, 0.15) is 32.3 Å². The van der Waals surface area contributed by atoms with Gasteiger partial charge in [-0.3, -0.25) is 9.69 Å². The van der Waals surface area contributed by atoms with Crippen LogP contribution in [0.15, 0.2) is 24.3 Å². The number of hydrogen-bond acceptors (Lipinski definition) is 3. The molecule has 1 fully saturated rings. The highest BCUT2D eigenvalue weighted by atomic mass is 16.3. The molecule has 0 aromatic heterocycles. The molecule has 2 aliphatic heterocycles. The second-order valence-corrected chi connectivity index (χ2v) is 6.28. The smallest absolute Gasteiger partial charge is 0.237 e. The number of rotatable bonds is 3. The predicted octanol–water partition coefficient (Wildman–Crippen LogP) is 1.74. The number of likely N-dealkylation sites (tertiary alicyclic amines) is 1. The number of para-hydroxylation sites is 1. The fourth-order valence-electron chi connectivity index (χ4n) is 3.98. The molecule has 1 atom stereocenters. The molecule has 20 heavy (non-hydrogen) atoms. The maximum Gasteiger partial charge on any atom is 0.237 e. The Morgan fingerprint density at radius 2 is 2.10 bits per heavy atom. The Balaban J connectivity index is 2.03. The average Bonchev–Trinajstić information content (AvgIpc) is 2.86. The lowest BCUT2D eigenvalue weighted by molar-refractivity contribution is -0.123. The van der Waals surface area contributed by atoms with Crippen LogP contribution in [0.5, 0.6) is 0 Å². The first-order valence-corrected chi connectivity index (χ1v) is 7.31. The number of nitrogens with zero attached hydrogens (tertiary/aromatic N) is 1. The molecule has 0 saturated carbocycles. The zero-order valence-corrected chi connectivity index (χ0v) is 12.1. The summed E-state index contributed by atoms with van der Waals surface area (Å²) >= 11 is 0. The van der Waals surface area contributed by atoms with Gasteiger partial charge in [0.25, 0.3) is 0 Å². The molecule has 2 aliphatic rings. The Morgan fingerprint density at radius 1 is 1.35 bits per heavy atom. The number of carbonyl (C=O) groups is 1. The van der Waals surface area contributed by atoms with Gasteiger partial charge >= 0.3 is 0 Å². The zero-order chi connectivity index (χ0) is 14.4. The van der Waals surface area contributed by atoms with Gasteiger partial charge in [-0.25, -0.2) is 0 Å². The molecule has 0 aliphatic carbocycles. The molecule has 2 heterocycles. The van der Waals surface area contributed by atoms with Crippen LogP contribution in [-0.4, -0.2) is 41.1 Å². The summed E-state index contributed by atoms with van der Waals surface area (Å²) in [6, 6.07) is 8.02. The molecule has 4 nitrogen and oxygen atoms in total. The van der Waals surface area contributed by atoms with Crippen molar-refractivity contribution in [2.24, 2.45) is 0 Å². The van der Waals surface area contributed by atoms with Crippen LogP contribution in [0, 0.1) is 0 Å². The highest BCUT2D eigenvalue weighted by Crippen LogP contribution is 2.53. The second-order valence-electron chi connectivity index (χ2n) is 6.28. The summed E-state index contributed by atoms with van der Waals surface area (Å²) in [6.07, 6.45) is 1.59. The Morgan fingerprint density at radius 3 is 2.85 bits per heavy atom. The molecule has 3 rings (SSSR count). The van der Waals surface area contributed by atoms with Crippen molar-refractivity contribution >= 4 is 11.6 Å². The summed E-state index contributed by atoms with van der Waals surface area (Å²) in [4.78, 5) is 15.0. The number of carbonyl (C=O) groups excluding carboxylic acids is 1. The SMILES string of the molecule is CC1(C)N(CCCO)CCC12C(=O)Nc1ccccc12. The summed E-state index contributed by atoms with van der Waals surface area (Å²) in [7, 11) is 0. The standard InChI is InChI=1S/C16H22N2O2/c1-15(2)16(8-10-18(15)9-5-11-19)12-6-3-4-7-13(12)17-14(16)20/h3-4,6-7,19H,5,8-11H2,1-2H3,(H,17,20). The zero-order valence-electron chi connectivity index (χ0n) is 12.1. The molecule has 0 radical (unpaired) electrons. The molecule has 2 N–H and O–H groups in total. The van der Waals surface area contributed by atoms with Crippen LogP contribution in [0.4, 0.5) is 5.69 Å². The van der Waals surface area contributed by atoms with E-state index in [0.717, 1.165) is 37.2 Å². The van der Waals surface area contributed by atoms with Gasteiger partial charge in [-0.05, 0) is 38.3 Å². The van der Waals surface area contributed by atoms with E-state index in [1.807, 2.05) is 18.2 Å². The van der Waals surface area contributed by atoms with Crippen LogP contribution < -0.4 is 5.32 Å². The van der Waals surface area contributed by atoms with E-state index in [1.165, 1.54) is 0 Å². The van der Waals surface area contributed by atoms with Gasteiger partial charge in [0.2, 0.25) is 5.91 Å². The maximum atomic E-state index is 12.7. The number of aliphatic hydroxyl groups is 1. The molecule has 1 spiro atoms. The van der Waals surface area contributed by atoms with Crippen molar-refractivity contribution in [1.82, 2.24) is 4.90 Å². The van der Waals surface area contributed by atoms with E-state index < -0.39 is 5.41 Å². The lowest BCUT2D eigenvalue weighted by Crippen LogP contribution is -2.55. The third-order valence-electron chi connectivity index (χ3n) is 5.20. The van der Waals surface area contributed by atoms with Gasteiger partial charge in [0.15, 0.2) is 0 Å². The summed E-state index contributed by atoms with van der Waals surface area (Å²) in [5.41, 5.74) is 1.38. The lowest BCUT2D eigenvalue weighted by Gasteiger charge is -2.41. The fraction of sp³-hybridized carbons (Fsp3) is 0.562. The molecule has 1 unspecified atom stereocenters. The Hall–Kier alpha value is -1.39. The minimum absolute atomic E-state index is 0.121. The van der Waals surface area contributed by atoms with Gasteiger partial charge < -0.3 is 10.4 Å². The number of anilines is 1. The number of nitrogens with one attached hydrogen (secondary N) is 1. The highest BCUT2D eigenvalue weighted by Gasteiger charge is 2.61. The van der Waals surface area contributed by atoms with E-state index >= 15 is 0 Å². The number of fused-ring (bicyclic) bond motifs is 2. The third-order valence-corrected chi connectivity index (χ3v) is 5.20. The Bertz CT molecular complexity index is 541. The molecule has 1 aromatic carbocycles. The molecule has 1 amide bonds. The van der Waals surface area contributed by atoms with Crippen molar-refractivity contribution in [2.45, 2.75) is 37.6 Å². The van der Waals surface area contributed by atoms with E-state index in [4.69, 9.17) is 5.11 Å². The first-order valence-electron chi connectivity index (χ1n) is 7.31. The van der Waals surface area contributed by atoms with Crippen LogP contribution in [0.2, 0.25) is 0 Å². The van der Waals surface area contributed by atoms with Crippen LogP contribution in [0.3, 0.4) is 0 Å². The largest absolute Gasteiger partial charge is 0.396 e. The third kappa shape index (κ3) is 1.58. The molecule has 1 aromatic rings. The first kappa shape index (κ1) is 13.6. The average molecular weight is 274 g/mol. The fourth-order valence-corrected chi connectivity index (χ4v) is 3.98. The summed E-state index contributed by atoms with van der Waals surface area (Å²) in [5.74, 6) is 0.121. The van der Waals surface area contributed by atoms with E-state index in [1.54, 1.807) is 0 Å². The van der Waals surface area contributed by atoms with E-state index in [-0.39, 0.29) is 18.1 Å². The van der Waals surface area contributed by atoms with Gasteiger partial charge in [0.05, 0.1) is 5.41 Å². The summed E-state index contributed by atoms with van der Waals surface area (Å²) in [5, 5.41) is 12.1. The van der Waals surface area contributed by atoms with E-state index in [9.17, 15) is 4.79 Å². The predicted molar refractivity (Wildman–Crippen MR) is 78.7 cm³/mol. The first-order chi connectivity index (χ1) is 9.54. The molecular formula is C16H22N2O2. The highest BCUT2D eigenvalue weighted by molar-refractivity contribution is 6.07. The lowest BCUT2D eigenvalue weighted by atomic mass is 9.68. The Labute approximate surface area is 119 Å². The molecule has 1 saturated heterocycles. The van der Waals surface area contributed by atoms with Gasteiger partial charge in [-0.15, -0.1) is 0 Å². The number of hydrogen-bond donors (Lipinski definition) is 2. The summed E-state index contributed by atoms with van der Waals surface area (Å²) < 4.78 is 0. The molecular weight excluding hydrogens is 252 g/mol. The molecule has 4 heteroatoms. The van der Waals surface area contributed by atoms with E-state index in [2.05, 4.69) is 30.1 Å². The van der Waals surface area contributed by atoms with Crippen molar-refractivity contribution in [1.29, 1.82) is 0 Å². The van der Waals surface area contributed by atoms with Crippen molar-refractivity contribution in [3.05, 3.63) is 29.8 Å². The summed E-state index contributed by atoms with van der Waals surface area (Å²) in [6.45, 7) is 6.23. The van der Waals surface area contributed by atoms with Crippen LogP contribution >= 0.6 is 0 Å². The van der Waals surface area contributed by atoms with Gasteiger partial charge in [0.1, 0.15) is 0 Å². The van der Waals surface area contributed by atoms with Crippen LogP contribution in [-0.2, 0) is 10.2 Å². The van der Waals surface area contributed by atoms with Crippen molar-refractivity contribution in [3.8, 4) is 0 Å². The quantitative estimate of drug-likeness (QED) is 0.883. The normalized spacial score (nSPS) is 27.9. The number of amides is 1. The van der Waals surface area contributed by atoms with Crippen molar-refractivity contribution in [2.75, 3.05) is 25.0 Å². The van der Waals surface area contributed by atoms with Crippen LogP contribution in [0.25, 0.3) is 0 Å². The van der Waals surface area contributed by atoms with E-state index in [0.29, 0.717) is 0 Å². The Kier molecular flexibility index (Phi) is 3.10.